The summed E-state index contributed by atoms with van der Waals surface area (Å²) in [4.78, 5) is 8.47. The number of nitriles is 1. The van der Waals surface area contributed by atoms with E-state index >= 15 is 0 Å². The highest BCUT2D eigenvalue weighted by Gasteiger charge is 2.21. The van der Waals surface area contributed by atoms with Gasteiger partial charge in [0.05, 0.1) is 17.2 Å². The van der Waals surface area contributed by atoms with Gasteiger partial charge in [0.15, 0.2) is 5.65 Å². The van der Waals surface area contributed by atoms with Gasteiger partial charge in [-0.2, -0.15) is 5.26 Å². The Bertz CT molecular complexity index is 1260. The molecule has 2 aromatic carbocycles. The average molecular weight is 377 g/mol. The van der Waals surface area contributed by atoms with E-state index in [0.29, 0.717) is 16.8 Å². The molecule has 138 valence electrons. The van der Waals surface area contributed by atoms with Gasteiger partial charge in [0.2, 0.25) is 5.82 Å². The molecular formula is C20H13F2N5O. The van der Waals surface area contributed by atoms with Crippen LogP contribution in [0.4, 0.5) is 14.6 Å². The maximum Gasteiger partial charge on any atom is 0.258 e. The van der Waals surface area contributed by atoms with Gasteiger partial charge in [-0.25, -0.2) is 23.3 Å². The van der Waals surface area contributed by atoms with E-state index in [4.69, 9.17) is 5.26 Å². The van der Waals surface area contributed by atoms with Gasteiger partial charge in [0, 0.05) is 23.5 Å². The van der Waals surface area contributed by atoms with Crippen LogP contribution in [0.15, 0.2) is 47.5 Å². The molecule has 0 spiro atoms. The van der Waals surface area contributed by atoms with Crippen molar-refractivity contribution in [3.05, 3.63) is 70.9 Å². The SMILES string of the molecule is Cc1[nH]n2c(O)c(N=Cc3ccc(C#N)cc3)nc2c1-c1ccc(F)cc1F. The first-order valence-electron chi connectivity index (χ1n) is 8.27. The Kier molecular flexibility index (Phi) is 4.12. The number of rotatable bonds is 3. The fourth-order valence-electron chi connectivity index (χ4n) is 2.95. The summed E-state index contributed by atoms with van der Waals surface area (Å²) in [6.07, 6.45) is 1.49. The van der Waals surface area contributed by atoms with Crippen LogP contribution in [0.5, 0.6) is 5.88 Å². The number of hydrogen-bond donors (Lipinski definition) is 2. The van der Waals surface area contributed by atoms with Crippen LogP contribution in [-0.2, 0) is 0 Å². The quantitative estimate of drug-likeness (QED) is 0.523. The van der Waals surface area contributed by atoms with Gasteiger partial charge in [0.25, 0.3) is 5.88 Å². The van der Waals surface area contributed by atoms with Gasteiger partial charge in [-0.1, -0.05) is 12.1 Å². The normalized spacial score (nSPS) is 11.4. The monoisotopic (exact) mass is 377 g/mol. The summed E-state index contributed by atoms with van der Waals surface area (Å²) in [5, 5.41) is 22.1. The van der Waals surface area contributed by atoms with Gasteiger partial charge in [-0.15, -0.1) is 0 Å². The molecule has 6 nitrogen and oxygen atoms in total. The first-order valence-corrected chi connectivity index (χ1v) is 8.27. The number of nitrogens with one attached hydrogen (secondary N) is 1. The van der Waals surface area contributed by atoms with Crippen LogP contribution in [0.1, 0.15) is 16.8 Å². The van der Waals surface area contributed by atoms with Crippen LogP contribution in [0, 0.1) is 29.9 Å². The lowest BCUT2D eigenvalue weighted by Gasteiger charge is -2.02. The third-order valence-electron chi connectivity index (χ3n) is 4.29. The molecule has 0 saturated heterocycles. The molecule has 0 aliphatic rings. The van der Waals surface area contributed by atoms with E-state index in [1.807, 2.05) is 6.07 Å². The third-order valence-corrected chi connectivity index (χ3v) is 4.29. The predicted molar refractivity (Wildman–Crippen MR) is 99.7 cm³/mol. The zero-order valence-electron chi connectivity index (χ0n) is 14.6. The highest BCUT2D eigenvalue weighted by atomic mass is 19.1. The first kappa shape index (κ1) is 17.4. The van der Waals surface area contributed by atoms with Gasteiger partial charge in [-0.05, 0) is 36.8 Å². The van der Waals surface area contributed by atoms with E-state index in [1.54, 1.807) is 31.2 Å². The fraction of sp³-hybridized carbons (Fsp3) is 0.0500. The van der Waals surface area contributed by atoms with Gasteiger partial charge < -0.3 is 5.11 Å². The maximum absolute atomic E-state index is 14.3. The Morgan fingerprint density at radius 2 is 1.96 bits per heavy atom. The average Bonchev–Trinajstić information content (AvgIpc) is 3.16. The molecular weight excluding hydrogens is 364 g/mol. The molecule has 2 N–H and O–H groups in total. The minimum atomic E-state index is -0.727. The van der Waals surface area contributed by atoms with Gasteiger partial charge in [0.1, 0.15) is 11.6 Å². The molecule has 28 heavy (non-hydrogen) atoms. The molecule has 0 radical (unpaired) electrons. The van der Waals surface area contributed by atoms with Crippen molar-refractivity contribution in [1.82, 2.24) is 14.6 Å². The van der Waals surface area contributed by atoms with Crippen LogP contribution in [0.2, 0.25) is 0 Å². The second-order valence-electron chi connectivity index (χ2n) is 6.15. The van der Waals surface area contributed by atoms with Crippen molar-refractivity contribution in [3.8, 4) is 23.1 Å². The second-order valence-corrected chi connectivity index (χ2v) is 6.15. The predicted octanol–water partition coefficient (Wildman–Crippen LogP) is 4.24. The van der Waals surface area contributed by atoms with Crippen LogP contribution < -0.4 is 0 Å². The number of aromatic nitrogens is 3. The molecule has 2 aromatic heterocycles. The molecule has 8 heteroatoms. The van der Waals surface area contributed by atoms with Crippen molar-refractivity contribution in [2.24, 2.45) is 4.99 Å². The summed E-state index contributed by atoms with van der Waals surface area (Å²) in [7, 11) is 0. The number of imidazole rings is 1. The molecule has 0 atom stereocenters. The summed E-state index contributed by atoms with van der Waals surface area (Å²) < 4.78 is 28.8. The van der Waals surface area contributed by atoms with E-state index in [-0.39, 0.29) is 22.9 Å². The van der Waals surface area contributed by atoms with Crippen molar-refractivity contribution in [2.75, 3.05) is 0 Å². The largest absolute Gasteiger partial charge is 0.491 e. The number of nitrogens with zero attached hydrogens (tertiary/aromatic N) is 4. The number of fused-ring (bicyclic) bond motifs is 1. The molecule has 2 heterocycles. The zero-order valence-corrected chi connectivity index (χ0v) is 14.6. The van der Waals surface area contributed by atoms with Crippen LogP contribution in [-0.4, -0.2) is 25.9 Å². The minimum Gasteiger partial charge on any atom is -0.491 e. The number of aryl methyl sites for hydroxylation is 1. The van der Waals surface area contributed by atoms with Crippen molar-refractivity contribution >= 4 is 17.7 Å². The van der Waals surface area contributed by atoms with E-state index in [1.165, 1.54) is 16.8 Å². The van der Waals surface area contributed by atoms with E-state index in [0.717, 1.165) is 17.7 Å². The summed E-state index contributed by atoms with van der Waals surface area (Å²) in [6.45, 7) is 1.70. The number of halogens is 2. The van der Waals surface area contributed by atoms with Crippen LogP contribution >= 0.6 is 0 Å². The highest BCUT2D eigenvalue weighted by molar-refractivity contribution is 5.85. The number of H-pyrrole nitrogens is 1. The minimum absolute atomic E-state index is 0.0411. The lowest BCUT2D eigenvalue weighted by Crippen LogP contribution is -1.88. The summed E-state index contributed by atoms with van der Waals surface area (Å²) in [5.41, 5.74) is 2.65. The number of hydrogen-bond acceptors (Lipinski definition) is 4. The molecule has 0 bridgehead atoms. The number of aromatic amines is 1. The van der Waals surface area contributed by atoms with Gasteiger partial charge >= 0.3 is 0 Å². The Balaban J connectivity index is 1.78. The lowest BCUT2D eigenvalue weighted by molar-refractivity contribution is 0.441. The van der Waals surface area contributed by atoms with E-state index < -0.39 is 11.6 Å². The Labute approximate surface area is 158 Å². The zero-order chi connectivity index (χ0) is 19.8. The first-order chi connectivity index (χ1) is 13.5. The van der Waals surface area contributed by atoms with Crippen LogP contribution in [0.25, 0.3) is 16.8 Å². The molecule has 0 amide bonds. The lowest BCUT2D eigenvalue weighted by atomic mass is 10.1. The highest BCUT2D eigenvalue weighted by Crippen LogP contribution is 2.35. The second kappa shape index (κ2) is 6.63. The molecule has 0 fully saturated rings. The summed E-state index contributed by atoms with van der Waals surface area (Å²) in [6, 6.07) is 12.0. The number of aromatic hydroxyl groups is 1. The van der Waals surface area contributed by atoms with Crippen molar-refractivity contribution in [1.29, 1.82) is 5.26 Å². The standard InChI is InChI=1S/C20H13F2N5O/c1-11-17(15-7-6-14(21)8-16(15)22)19-25-18(20(28)27(19)26-11)24-10-13-4-2-12(9-23)3-5-13/h2-8,10,26,28H,1H3. The number of benzene rings is 2. The van der Waals surface area contributed by atoms with E-state index in [2.05, 4.69) is 15.1 Å². The van der Waals surface area contributed by atoms with Gasteiger partial charge in [-0.3, -0.25) is 5.10 Å². The number of aliphatic imine (C=N–C) groups is 1. The third kappa shape index (κ3) is 2.89. The maximum atomic E-state index is 14.3. The Morgan fingerprint density at radius 1 is 1.21 bits per heavy atom. The Hall–Kier alpha value is -3.99. The van der Waals surface area contributed by atoms with Crippen molar-refractivity contribution in [3.63, 3.8) is 0 Å². The van der Waals surface area contributed by atoms with Crippen molar-refractivity contribution < 1.29 is 13.9 Å². The molecule has 0 aliphatic carbocycles. The summed E-state index contributed by atoms with van der Waals surface area (Å²) in [5.74, 6) is -1.60. The fourth-order valence-corrected chi connectivity index (χ4v) is 2.95. The van der Waals surface area contributed by atoms with E-state index in [9.17, 15) is 13.9 Å². The molecule has 0 saturated carbocycles. The molecule has 0 unspecified atom stereocenters. The molecule has 0 aliphatic heterocycles. The smallest absolute Gasteiger partial charge is 0.258 e. The van der Waals surface area contributed by atoms with Crippen LogP contribution in [0.3, 0.4) is 0 Å². The molecule has 4 rings (SSSR count). The topological polar surface area (TPSA) is 89.5 Å². The Morgan fingerprint density at radius 3 is 2.64 bits per heavy atom. The van der Waals surface area contributed by atoms with Crippen molar-refractivity contribution in [2.45, 2.75) is 6.92 Å². The summed E-state index contributed by atoms with van der Waals surface area (Å²) >= 11 is 0. The molecule has 4 aromatic rings.